The first-order chi connectivity index (χ1) is 8.72. The van der Waals surface area contributed by atoms with Crippen molar-refractivity contribution in [2.24, 2.45) is 0 Å². The van der Waals surface area contributed by atoms with Crippen molar-refractivity contribution in [3.63, 3.8) is 0 Å². The SMILES string of the molecule is CCN(Cc1ccccc1)c1cccc(Cl)c1N. The molecule has 0 spiro atoms. The fourth-order valence-corrected chi connectivity index (χ4v) is 2.14. The Morgan fingerprint density at radius 1 is 1.06 bits per heavy atom. The van der Waals surface area contributed by atoms with Crippen molar-refractivity contribution in [1.29, 1.82) is 0 Å². The number of halogens is 1. The Morgan fingerprint density at radius 2 is 1.78 bits per heavy atom. The predicted octanol–water partition coefficient (Wildman–Crippen LogP) is 3.95. The number of nitrogens with two attached hydrogens (primary N) is 1. The molecule has 0 unspecified atom stereocenters. The zero-order chi connectivity index (χ0) is 13.0. The maximum Gasteiger partial charge on any atom is 0.0741 e. The molecule has 94 valence electrons. The summed E-state index contributed by atoms with van der Waals surface area (Å²) >= 11 is 6.07. The molecule has 0 aliphatic heterocycles. The van der Waals surface area contributed by atoms with Gasteiger partial charge < -0.3 is 10.6 Å². The van der Waals surface area contributed by atoms with Crippen LogP contribution in [-0.2, 0) is 6.54 Å². The highest BCUT2D eigenvalue weighted by molar-refractivity contribution is 6.33. The molecule has 18 heavy (non-hydrogen) atoms. The van der Waals surface area contributed by atoms with E-state index in [9.17, 15) is 0 Å². The normalized spacial score (nSPS) is 10.3. The van der Waals surface area contributed by atoms with Gasteiger partial charge in [0.2, 0.25) is 0 Å². The molecule has 0 saturated carbocycles. The van der Waals surface area contributed by atoms with Gasteiger partial charge in [-0.05, 0) is 24.6 Å². The Bertz CT molecular complexity index is 511. The smallest absolute Gasteiger partial charge is 0.0741 e. The summed E-state index contributed by atoms with van der Waals surface area (Å²) in [6, 6.07) is 16.1. The Balaban J connectivity index is 2.26. The number of hydrogen-bond acceptors (Lipinski definition) is 2. The van der Waals surface area contributed by atoms with Crippen LogP contribution >= 0.6 is 11.6 Å². The molecule has 2 nitrogen and oxygen atoms in total. The third kappa shape index (κ3) is 2.77. The summed E-state index contributed by atoms with van der Waals surface area (Å²) in [5.74, 6) is 0. The molecule has 0 bridgehead atoms. The Kier molecular flexibility index (Phi) is 4.11. The Labute approximate surface area is 113 Å². The van der Waals surface area contributed by atoms with E-state index in [1.807, 2.05) is 36.4 Å². The summed E-state index contributed by atoms with van der Waals surface area (Å²) in [5, 5.41) is 0.610. The number of benzene rings is 2. The number of nitrogen functional groups attached to an aromatic ring is 1. The van der Waals surface area contributed by atoms with Crippen molar-refractivity contribution >= 4 is 23.0 Å². The average Bonchev–Trinajstić information content (AvgIpc) is 2.41. The molecule has 2 N–H and O–H groups in total. The monoisotopic (exact) mass is 260 g/mol. The first-order valence-corrected chi connectivity index (χ1v) is 6.43. The molecule has 3 heteroatoms. The highest BCUT2D eigenvalue weighted by Gasteiger charge is 2.10. The third-order valence-electron chi connectivity index (χ3n) is 2.97. The van der Waals surface area contributed by atoms with E-state index in [4.69, 9.17) is 17.3 Å². The molecular formula is C15H17ClN2. The average molecular weight is 261 g/mol. The minimum Gasteiger partial charge on any atom is -0.396 e. The minimum absolute atomic E-state index is 0.610. The molecule has 0 heterocycles. The molecule has 0 aliphatic carbocycles. The summed E-state index contributed by atoms with van der Waals surface area (Å²) in [7, 11) is 0. The lowest BCUT2D eigenvalue weighted by Gasteiger charge is -2.25. The van der Waals surface area contributed by atoms with E-state index in [0.717, 1.165) is 18.8 Å². The number of anilines is 2. The summed E-state index contributed by atoms with van der Waals surface area (Å²) < 4.78 is 0. The number of nitrogens with zero attached hydrogens (tertiary/aromatic N) is 1. The van der Waals surface area contributed by atoms with Gasteiger partial charge in [-0.2, -0.15) is 0 Å². The summed E-state index contributed by atoms with van der Waals surface area (Å²) in [6.07, 6.45) is 0. The van der Waals surface area contributed by atoms with Crippen molar-refractivity contribution in [2.45, 2.75) is 13.5 Å². The van der Waals surface area contributed by atoms with Crippen LogP contribution in [0.3, 0.4) is 0 Å². The highest BCUT2D eigenvalue weighted by Crippen LogP contribution is 2.30. The van der Waals surface area contributed by atoms with Crippen molar-refractivity contribution in [3.05, 3.63) is 59.1 Å². The number of hydrogen-bond donors (Lipinski definition) is 1. The fraction of sp³-hybridized carbons (Fsp3) is 0.200. The topological polar surface area (TPSA) is 29.3 Å². The van der Waals surface area contributed by atoms with Crippen LogP contribution in [0.2, 0.25) is 5.02 Å². The van der Waals surface area contributed by atoms with Gasteiger partial charge in [0.25, 0.3) is 0 Å². The molecule has 0 radical (unpaired) electrons. The van der Waals surface area contributed by atoms with Crippen molar-refractivity contribution in [1.82, 2.24) is 0 Å². The molecule has 0 saturated heterocycles. The van der Waals surface area contributed by atoms with E-state index in [1.54, 1.807) is 0 Å². The van der Waals surface area contributed by atoms with Crippen molar-refractivity contribution < 1.29 is 0 Å². The highest BCUT2D eigenvalue weighted by atomic mass is 35.5. The van der Waals surface area contributed by atoms with E-state index in [-0.39, 0.29) is 0 Å². The van der Waals surface area contributed by atoms with Gasteiger partial charge in [-0.1, -0.05) is 48.0 Å². The van der Waals surface area contributed by atoms with Crippen LogP contribution in [-0.4, -0.2) is 6.54 Å². The molecule has 0 aromatic heterocycles. The third-order valence-corrected chi connectivity index (χ3v) is 3.30. The van der Waals surface area contributed by atoms with Crippen LogP contribution in [0, 0.1) is 0 Å². The van der Waals surface area contributed by atoms with E-state index in [1.165, 1.54) is 5.56 Å². The van der Waals surface area contributed by atoms with Crippen LogP contribution in [0.5, 0.6) is 0 Å². The van der Waals surface area contributed by atoms with E-state index in [2.05, 4.69) is 24.0 Å². The standard InChI is InChI=1S/C15H17ClN2/c1-2-18(11-12-7-4-3-5-8-12)14-10-6-9-13(16)15(14)17/h3-10H,2,11,17H2,1H3. The Morgan fingerprint density at radius 3 is 2.44 bits per heavy atom. The molecule has 2 aromatic carbocycles. The predicted molar refractivity (Wildman–Crippen MR) is 79.0 cm³/mol. The molecular weight excluding hydrogens is 244 g/mol. The van der Waals surface area contributed by atoms with Gasteiger partial charge in [0.1, 0.15) is 0 Å². The first kappa shape index (κ1) is 12.8. The maximum absolute atomic E-state index is 6.07. The van der Waals surface area contributed by atoms with Crippen molar-refractivity contribution in [2.75, 3.05) is 17.2 Å². The molecule has 2 aromatic rings. The van der Waals surface area contributed by atoms with Crippen LogP contribution in [0.15, 0.2) is 48.5 Å². The molecule has 2 rings (SSSR count). The zero-order valence-electron chi connectivity index (χ0n) is 10.4. The lowest BCUT2D eigenvalue weighted by molar-refractivity contribution is 0.833. The lowest BCUT2D eigenvalue weighted by atomic mass is 10.2. The van der Waals surface area contributed by atoms with E-state index >= 15 is 0 Å². The van der Waals surface area contributed by atoms with Crippen molar-refractivity contribution in [3.8, 4) is 0 Å². The first-order valence-electron chi connectivity index (χ1n) is 6.05. The Hall–Kier alpha value is -1.67. The van der Waals surface area contributed by atoms with Gasteiger partial charge in [-0.15, -0.1) is 0 Å². The van der Waals surface area contributed by atoms with Crippen LogP contribution < -0.4 is 10.6 Å². The molecule has 0 amide bonds. The largest absolute Gasteiger partial charge is 0.396 e. The molecule has 0 fully saturated rings. The van der Waals surface area contributed by atoms with Gasteiger partial charge in [-0.25, -0.2) is 0 Å². The summed E-state index contributed by atoms with van der Waals surface area (Å²) in [6.45, 7) is 3.84. The number of para-hydroxylation sites is 1. The zero-order valence-corrected chi connectivity index (χ0v) is 11.2. The van der Waals surface area contributed by atoms with Gasteiger partial charge in [0.15, 0.2) is 0 Å². The van der Waals surface area contributed by atoms with Crippen LogP contribution in [0.4, 0.5) is 11.4 Å². The molecule has 0 aliphatic rings. The lowest BCUT2D eigenvalue weighted by Crippen LogP contribution is -2.23. The van der Waals surface area contributed by atoms with Gasteiger partial charge in [0, 0.05) is 13.1 Å². The van der Waals surface area contributed by atoms with Crippen LogP contribution in [0.1, 0.15) is 12.5 Å². The fourth-order valence-electron chi connectivity index (χ4n) is 1.97. The van der Waals surface area contributed by atoms with Gasteiger partial charge in [0.05, 0.1) is 16.4 Å². The van der Waals surface area contributed by atoms with Gasteiger partial charge >= 0.3 is 0 Å². The quantitative estimate of drug-likeness (QED) is 0.844. The summed E-state index contributed by atoms with van der Waals surface area (Å²) in [5.41, 5.74) is 8.95. The number of rotatable bonds is 4. The summed E-state index contributed by atoms with van der Waals surface area (Å²) in [4.78, 5) is 2.22. The van der Waals surface area contributed by atoms with Gasteiger partial charge in [-0.3, -0.25) is 0 Å². The maximum atomic E-state index is 6.07. The second-order valence-electron chi connectivity index (χ2n) is 4.17. The second kappa shape index (κ2) is 5.78. The van der Waals surface area contributed by atoms with E-state index in [0.29, 0.717) is 10.7 Å². The molecule has 0 atom stereocenters. The minimum atomic E-state index is 0.610. The van der Waals surface area contributed by atoms with E-state index < -0.39 is 0 Å². The van der Waals surface area contributed by atoms with Crippen LogP contribution in [0.25, 0.3) is 0 Å². The second-order valence-corrected chi connectivity index (χ2v) is 4.58.